The van der Waals surface area contributed by atoms with Crippen LogP contribution >= 0.6 is 11.6 Å². The van der Waals surface area contributed by atoms with Crippen molar-refractivity contribution in [1.82, 2.24) is 0 Å². The molecule has 0 spiro atoms. The number of halogens is 3. The maximum atomic E-state index is 13.8. The van der Waals surface area contributed by atoms with E-state index in [0.29, 0.717) is 24.0 Å². The van der Waals surface area contributed by atoms with Gasteiger partial charge >= 0.3 is 5.97 Å². The van der Waals surface area contributed by atoms with Gasteiger partial charge in [0.05, 0.1) is 0 Å². The molecule has 0 saturated carbocycles. The van der Waals surface area contributed by atoms with E-state index in [1.54, 1.807) is 18.2 Å². The molecule has 1 aromatic rings. The maximum absolute atomic E-state index is 13.8. The Morgan fingerprint density at radius 2 is 2.00 bits per heavy atom. The molecule has 0 fully saturated rings. The van der Waals surface area contributed by atoms with E-state index in [-0.39, 0.29) is 16.4 Å². The highest BCUT2D eigenvalue weighted by molar-refractivity contribution is 6.43. The Labute approximate surface area is 143 Å². The lowest BCUT2D eigenvalue weighted by atomic mass is 9.96. The van der Waals surface area contributed by atoms with Crippen molar-refractivity contribution in [3.05, 3.63) is 64.9 Å². The van der Waals surface area contributed by atoms with Gasteiger partial charge in [0.2, 0.25) is 0 Å². The van der Waals surface area contributed by atoms with Crippen molar-refractivity contribution >= 4 is 28.9 Å². The number of carboxylic acid groups (broad SMARTS) is 1. The minimum atomic E-state index is -3.04. The lowest BCUT2D eigenvalue weighted by Crippen LogP contribution is -2.12. The van der Waals surface area contributed by atoms with Crippen LogP contribution in [0.15, 0.2) is 58.7 Å². The van der Waals surface area contributed by atoms with Gasteiger partial charge in [0.25, 0.3) is 5.92 Å². The molecule has 0 radical (unpaired) electrons. The third-order valence-electron chi connectivity index (χ3n) is 3.50. The van der Waals surface area contributed by atoms with Crippen LogP contribution in [0.4, 0.5) is 8.78 Å². The molecule has 0 aromatic heterocycles. The highest BCUT2D eigenvalue weighted by atomic mass is 35.5. The van der Waals surface area contributed by atoms with Crippen molar-refractivity contribution in [2.75, 3.05) is 0 Å². The third-order valence-corrected chi connectivity index (χ3v) is 3.74. The van der Waals surface area contributed by atoms with Gasteiger partial charge < -0.3 is 5.11 Å². The Balaban J connectivity index is 2.37. The topological polar surface area (TPSA) is 49.7 Å². The van der Waals surface area contributed by atoms with Gasteiger partial charge in [-0.3, -0.25) is 0 Å². The second kappa shape index (κ2) is 7.53. The second-order valence-electron chi connectivity index (χ2n) is 5.24. The number of allylic oxidation sites excluding steroid dienone is 4. The molecule has 6 heteroatoms. The molecule has 0 bridgehead atoms. The molecule has 1 aliphatic rings. The van der Waals surface area contributed by atoms with Gasteiger partial charge in [0, 0.05) is 5.56 Å². The van der Waals surface area contributed by atoms with Gasteiger partial charge in [0.1, 0.15) is 10.9 Å². The van der Waals surface area contributed by atoms with Crippen molar-refractivity contribution in [1.29, 1.82) is 0 Å². The van der Waals surface area contributed by atoms with Crippen LogP contribution in [0.25, 0.3) is 5.57 Å². The summed E-state index contributed by atoms with van der Waals surface area (Å²) >= 11 is 5.82. The molecule has 1 heterocycles. The zero-order chi connectivity index (χ0) is 17.7. The summed E-state index contributed by atoms with van der Waals surface area (Å²) in [6.07, 6.45) is 6.31. The first kappa shape index (κ1) is 18.1. The van der Waals surface area contributed by atoms with Crippen molar-refractivity contribution < 1.29 is 18.7 Å². The normalized spacial score (nSPS) is 22.6. The summed E-state index contributed by atoms with van der Waals surface area (Å²) < 4.78 is 27.7. The van der Waals surface area contributed by atoms with Gasteiger partial charge in [-0.1, -0.05) is 41.9 Å². The Morgan fingerprint density at radius 1 is 1.33 bits per heavy atom. The Morgan fingerprint density at radius 3 is 2.58 bits per heavy atom. The SMILES string of the molecule is C/C=C/C(F)(F)c1ccc(/C2=C/C(C(=O)O)=N\C(Cl)=C/CC2)cc1. The van der Waals surface area contributed by atoms with E-state index in [2.05, 4.69) is 4.99 Å². The smallest absolute Gasteiger partial charge is 0.354 e. The molecule has 24 heavy (non-hydrogen) atoms. The fourth-order valence-electron chi connectivity index (χ4n) is 2.33. The van der Waals surface area contributed by atoms with Crippen molar-refractivity contribution in [2.45, 2.75) is 25.7 Å². The van der Waals surface area contributed by atoms with E-state index in [0.717, 1.165) is 6.08 Å². The quantitative estimate of drug-likeness (QED) is 0.603. The number of carbonyl (C=O) groups is 1. The summed E-state index contributed by atoms with van der Waals surface area (Å²) in [6.45, 7) is 1.53. The van der Waals surface area contributed by atoms with Gasteiger partial charge in [-0.2, -0.15) is 8.78 Å². The lowest BCUT2D eigenvalue weighted by Gasteiger charge is -2.14. The number of hydrogen-bond donors (Lipinski definition) is 1. The minimum Gasteiger partial charge on any atom is -0.477 e. The molecule has 1 aromatic carbocycles. The van der Waals surface area contributed by atoms with Gasteiger partial charge in [0.15, 0.2) is 0 Å². The summed E-state index contributed by atoms with van der Waals surface area (Å²) in [5.41, 5.74) is 1.08. The molecule has 2 rings (SSSR count). The Bertz CT molecular complexity index is 747. The fourth-order valence-corrected chi connectivity index (χ4v) is 2.53. The van der Waals surface area contributed by atoms with Crippen LogP contribution in [0.1, 0.15) is 30.9 Å². The maximum Gasteiger partial charge on any atom is 0.354 e. The van der Waals surface area contributed by atoms with E-state index >= 15 is 0 Å². The molecule has 126 valence electrons. The van der Waals surface area contributed by atoms with E-state index in [4.69, 9.17) is 11.6 Å². The number of aliphatic carboxylic acids is 1. The highest BCUT2D eigenvalue weighted by Crippen LogP contribution is 2.31. The molecule has 0 saturated heterocycles. The molecular formula is C18H16ClF2NO2. The molecule has 0 atom stereocenters. The third kappa shape index (κ3) is 4.38. The van der Waals surface area contributed by atoms with Crippen LogP contribution in [-0.2, 0) is 10.7 Å². The lowest BCUT2D eigenvalue weighted by molar-refractivity contribution is -0.129. The monoisotopic (exact) mass is 351 g/mol. The van der Waals surface area contributed by atoms with Crippen LogP contribution in [0, 0.1) is 0 Å². The van der Waals surface area contributed by atoms with Gasteiger partial charge in [-0.15, -0.1) is 0 Å². The molecule has 1 N–H and O–H groups in total. The van der Waals surface area contributed by atoms with Crippen LogP contribution in [0.2, 0.25) is 0 Å². The molecule has 0 unspecified atom stereocenters. The first-order valence-corrected chi connectivity index (χ1v) is 7.72. The average molecular weight is 352 g/mol. The van der Waals surface area contributed by atoms with E-state index in [1.807, 2.05) is 0 Å². The van der Waals surface area contributed by atoms with Crippen LogP contribution < -0.4 is 0 Å². The van der Waals surface area contributed by atoms with E-state index in [1.165, 1.54) is 31.2 Å². The number of benzene rings is 1. The number of hydrogen-bond acceptors (Lipinski definition) is 2. The van der Waals surface area contributed by atoms with E-state index in [9.17, 15) is 18.7 Å². The molecule has 1 aliphatic heterocycles. The molecule has 0 aliphatic carbocycles. The number of carboxylic acids is 1. The summed E-state index contributed by atoms with van der Waals surface area (Å²) in [7, 11) is 0. The Kier molecular flexibility index (Phi) is 5.67. The van der Waals surface area contributed by atoms with Gasteiger partial charge in [-0.05, 0) is 49.1 Å². The molecule has 0 amide bonds. The standard InChI is InChI=1S/C18H16ClF2NO2/c1-2-10-18(20,21)14-8-6-12(7-9-14)13-4-3-5-16(19)22-15(11-13)17(23)24/h2,5-11H,3-4H2,1H3,(H,23,24)/b10-2+,13-11+,16-5-,22-15+. The predicted octanol–water partition coefficient (Wildman–Crippen LogP) is 5.14. The largest absolute Gasteiger partial charge is 0.477 e. The van der Waals surface area contributed by atoms with E-state index < -0.39 is 11.9 Å². The number of rotatable bonds is 4. The van der Waals surface area contributed by atoms with Crippen LogP contribution in [-0.4, -0.2) is 16.8 Å². The van der Waals surface area contributed by atoms with Crippen molar-refractivity contribution in [3.8, 4) is 0 Å². The zero-order valence-electron chi connectivity index (χ0n) is 13.0. The summed E-state index contributed by atoms with van der Waals surface area (Å²) in [4.78, 5) is 15.1. The van der Waals surface area contributed by atoms with Crippen LogP contribution in [0.3, 0.4) is 0 Å². The van der Waals surface area contributed by atoms with Crippen molar-refractivity contribution in [3.63, 3.8) is 0 Å². The van der Waals surface area contributed by atoms with Crippen molar-refractivity contribution in [2.24, 2.45) is 4.99 Å². The number of nitrogens with zero attached hydrogens (tertiary/aromatic N) is 1. The summed E-state index contributed by atoms with van der Waals surface area (Å²) in [5, 5.41) is 9.31. The highest BCUT2D eigenvalue weighted by Gasteiger charge is 2.27. The molecule has 3 nitrogen and oxygen atoms in total. The summed E-state index contributed by atoms with van der Waals surface area (Å²) in [5.74, 6) is -4.23. The minimum absolute atomic E-state index is 0.120. The van der Waals surface area contributed by atoms with Gasteiger partial charge in [-0.25, -0.2) is 9.79 Å². The first-order chi connectivity index (χ1) is 11.3. The first-order valence-electron chi connectivity index (χ1n) is 7.34. The molecular weight excluding hydrogens is 336 g/mol. The van der Waals surface area contributed by atoms with Crippen LogP contribution in [0.5, 0.6) is 0 Å². The second-order valence-corrected chi connectivity index (χ2v) is 5.62. The predicted molar refractivity (Wildman–Crippen MR) is 91.4 cm³/mol. The summed E-state index contributed by atoms with van der Waals surface area (Å²) in [6, 6.07) is 5.81. The number of alkyl halides is 2. The number of aliphatic imine (C=N–C) groups is 1. The fraction of sp³-hybridized carbons (Fsp3) is 0.222. The average Bonchev–Trinajstić information content (AvgIpc) is 2.50. The Hall–Kier alpha value is -2.27. The zero-order valence-corrected chi connectivity index (χ0v) is 13.7.